The van der Waals surface area contributed by atoms with Gasteiger partial charge in [0.15, 0.2) is 0 Å². The number of rotatable bonds is 5. The number of hydrogen-bond donors (Lipinski definition) is 0. The fraction of sp³-hybridized carbons (Fsp3) is 0.453. The van der Waals surface area contributed by atoms with Crippen LogP contribution < -0.4 is 58.0 Å². The van der Waals surface area contributed by atoms with Crippen LogP contribution >= 0.6 is 0 Å². The Balaban J connectivity index is 0.00000420. The first-order chi connectivity index (χ1) is 24.5. The maximum absolute atomic E-state index is 3.07. The summed E-state index contributed by atoms with van der Waals surface area (Å²) in [4.78, 5) is 0. The summed E-state index contributed by atoms with van der Waals surface area (Å²) in [6, 6.07) is 41.7. The van der Waals surface area contributed by atoms with Gasteiger partial charge in [-0.2, -0.15) is 17.7 Å². The van der Waals surface area contributed by atoms with E-state index in [1.54, 1.807) is 0 Å². The average Bonchev–Trinajstić information content (AvgIpc) is 3.53. The topological polar surface area (TPSA) is 0 Å². The maximum Gasteiger partial charge on any atom is 4.00 e. The normalized spacial score (nSPS) is 12.8. The van der Waals surface area contributed by atoms with Gasteiger partial charge in [-0.3, -0.25) is 0 Å². The molecular formula is C53H71Cl3SiTi. The Labute approximate surface area is 389 Å². The quantitative estimate of drug-likeness (QED) is 0.145. The first-order valence-corrected chi connectivity index (χ1v) is 22.3. The van der Waals surface area contributed by atoms with Crippen LogP contribution in [0.4, 0.5) is 0 Å². The van der Waals surface area contributed by atoms with Gasteiger partial charge in [0, 0.05) is 0 Å². The summed E-state index contributed by atoms with van der Waals surface area (Å²) in [5.74, 6) is 0. The van der Waals surface area contributed by atoms with Gasteiger partial charge in [0.1, 0.15) is 8.07 Å². The van der Waals surface area contributed by atoms with Crippen molar-refractivity contribution < 1.29 is 58.9 Å². The molecule has 5 heteroatoms. The molecule has 0 saturated carbocycles. The first-order valence-electron chi connectivity index (χ1n) is 20.3. The van der Waals surface area contributed by atoms with Crippen molar-refractivity contribution in [3.05, 3.63) is 137 Å². The van der Waals surface area contributed by atoms with Gasteiger partial charge in [-0.25, -0.2) is 6.07 Å². The van der Waals surface area contributed by atoms with Crippen LogP contribution in [-0.2, 0) is 54.2 Å². The van der Waals surface area contributed by atoms with Crippen molar-refractivity contribution in [1.29, 1.82) is 0 Å². The predicted molar refractivity (Wildman–Crippen MR) is 243 cm³/mol. The van der Waals surface area contributed by atoms with E-state index in [1.807, 2.05) is 0 Å². The molecule has 5 rings (SSSR count). The van der Waals surface area contributed by atoms with E-state index in [9.17, 15) is 0 Å². The van der Waals surface area contributed by atoms with Gasteiger partial charge in [-0.1, -0.05) is 231 Å². The minimum absolute atomic E-state index is 0. The van der Waals surface area contributed by atoms with Crippen molar-refractivity contribution >= 4 is 28.8 Å². The third-order valence-electron chi connectivity index (χ3n) is 11.6. The van der Waals surface area contributed by atoms with Crippen molar-refractivity contribution in [3.63, 3.8) is 0 Å². The SMILES string of the molecule is CC(C)(C)c1cc(C(C)(C)C)cc([Si](c2cc(C(C)(C)C)cc(C(C)(C)C)c2)(c2cc(C(C)(C)C)cc(C(C)(C)C)c2)[c-]2ccc(-c3ccccc3)c2)c1.[Cl-].[Cl-].[Cl-].[Ti+4]. The Bertz CT molecular complexity index is 1840. The third-order valence-corrected chi connectivity index (χ3v) is 16.2. The monoisotopic (exact) mass is 888 g/mol. The number of hydrogen-bond acceptors (Lipinski definition) is 0. The van der Waals surface area contributed by atoms with Crippen LogP contribution in [0.25, 0.3) is 11.1 Å². The van der Waals surface area contributed by atoms with Gasteiger partial charge in [0.25, 0.3) is 0 Å². The Morgan fingerprint density at radius 2 is 0.603 bits per heavy atom. The summed E-state index contributed by atoms with van der Waals surface area (Å²) < 4.78 is 0. The third kappa shape index (κ3) is 11.5. The molecule has 0 unspecified atom stereocenters. The summed E-state index contributed by atoms with van der Waals surface area (Å²) in [7, 11) is -3.07. The molecule has 0 amide bonds. The van der Waals surface area contributed by atoms with Crippen LogP contribution in [0.5, 0.6) is 0 Å². The summed E-state index contributed by atoms with van der Waals surface area (Å²) in [6.45, 7) is 42.9. The van der Waals surface area contributed by atoms with E-state index >= 15 is 0 Å². The molecule has 5 aromatic carbocycles. The fourth-order valence-electron chi connectivity index (χ4n) is 7.62. The standard InChI is InChI=1S/C53H71Si.3ClH.Ti/c1-48(2,3)38-27-39(49(4,5)6)31-45(30-38)54(44-25-24-37(26-44)36-22-20-19-21-23-36,46-32-40(50(7,8)9)28-41(33-46)51(10,11)12)47-34-42(52(13,14)15)29-43(35-47)53(16,17)18;;;;/h19-35H,1-18H3;3*1H;/q-1;;;;+4/p-3. The minimum Gasteiger partial charge on any atom is -1.00 e. The zero-order valence-corrected chi connectivity index (χ0v) is 43.8. The molecule has 58 heavy (non-hydrogen) atoms. The minimum atomic E-state index is -3.07. The molecule has 0 bridgehead atoms. The van der Waals surface area contributed by atoms with Crippen LogP contribution in [0.15, 0.2) is 103 Å². The van der Waals surface area contributed by atoms with E-state index in [1.165, 1.54) is 65.3 Å². The Morgan fingerprint density at radius 3 is 0.845 bits per heavy atom. The molecule has 0 radical (unpaired) electrons. The molecule has 0 spiro atoms. The van der Waals surface area contributed by atoms with E-state index in [0.29, 0.717) is 0 Å². The Hall–Kier alpha value is -1.97. The second-order valence-electron chi connectivity index (χ2n) is 22.4. The van der Waals surface area contributed by atoms with Gasteiger partial charge in [-0.05, 0) is 65.9 Å². The zero-order valence-electron chi connectivity index (χ0n) is 38.9. The van der Waals surface area contributed by atoms with E-state index in [-0.39, 0.29) is 91.4 Å². The van der Waals surface area contributed by atoms with Crippen molar-refractivity contribution in [2.45, 2.75) is 157 Å². The van der Waals surface area contributed by atoms with E-state index < -0.39 is 8.07 Å². The maximum atomic E-state index is 2.62. The fourth-order valence-corrected chi connectivity index (χ4v) is 12.6. The summed E-state index contributed by atoms with van der Waals surface area (Å²) in [5.41, 5.74) is 10.9. The second kappa shape index (κ2) is 18.6. The molecule has 0 fully saturated rings. The summed E-state index contributed by atoms with van der Waals surface area (Å²) in [5, 5.41) is 5.87. The molecule has 0 aliphatic heterocycles. The zero-order chi connectivity index (χ0) is 40.4. The molecule has 0 saturated heterocycles. The van der Waals surface area contributed by atoms with E-state index in [2.05, 4.69) is 228 Å². The molecule has 0 heterocycles. The molecule has 0 atom stereocenters. The molecule has 0 aliphatic rings. The number of halogens is 3. The molecule has 5 aromatic rings. The molecule has 0 nitrogen and oxygen atoms in total. The first kappa shape index (κ1) is 54.0. The van der Waals surface area contributed by atoms with Crippen molar-refractivity contribution in [3.8, 4) is 11.1 Å². The van der Waals surface area contributed by atoms with Gasteiger partial charge < -0.3 is 37.2 Å². The average molecular weight is 890 g/mol. The van der Waals surface area contributed by atoms with Gasteiger partial charge in [-0.15, -0.1) is 5.19 Å². The van der Waals surface area contributed by atoms with E-state index in [4.69, 9.17) is 0 Å². The molecular weight excluding hydrogens is 819 g/mol. The predicted octanol–water partition coefficient (Wildman–Crippen LogP) is 3.24. The van der Waals surface area contributed by atoms with Crippen LogP contribution in [0.2, 0.25) is 0 Å². The Kier molecular flexibility index (Phi) is 17.3. The molecule has 0 aliphatic carbocycles. The van der Waals surface area contributed by atoms with Crippen molar-refractivity contribution in [2.24, 2.45) is 0 Å². The molecule has 0 N–H and O–H groups in total. The largest absolute Gasteiger partial charge is 4.00 e. The van der Waals surface area contributed by atoms with Gasteiger partial charge in [0.05, 0.1) is 0 Å². The van der Waals surface area contributed by atoms with Crippen LogP contribution in [0.3, 0.4) is 0 Å². The van der Waals surface area contributed by atoms with Gasteiger partial charge in [0.2, 0.25) is 0 Å². The van der Waals surface area contributed by atoms with Crippen molar-refractivity contribution in [1.82, 2.24) is 0 Å². The molecule has 312 valence electrons. The van der Waals surface area contributed by atoms with Crippen LogP contribution in [0, 0.1) is 0 Å². The van der Waals surface area contributed by atoms with E-state index in [0.717, 1.165) is 0 Å². The molecule has 0 aromatic heterocycles. The summed E-state index contributed by atoms with van der Waals surface area (Å²) >= 11 is 0. The Morgan fingerprint density at radius 1 is 0.345 bits per heavy atom. The number of benzene rings is 4. The van der Waals surface area contributed by atoms with Crippen molar-refractivity contribution in [2.75, 3.05) is 0 Å². The summed E-state index contributed by atoms with van der Waals surface area (Å²) in [6.07, 6.45) is 0. The van der Waals surface area contributed by atoms with Gasteiger partial charge >= 0.3 is 21.7 Å². The van der Waals surface area contributed by atoms with Crippen LogP contribution in [0.1, 0.15) is 158 Å². The smallest absolute Gasteiger partial charge is 1.00 e. The van der Waals surface area contributed by atoms with Crippen LogP contribution in [-0.4, -0.2) is 8.07 Å². The second-order valence-corrected chi connectivity index (χ2v) is 26.2.